The Balaban J connectivity index is 1.50. The number of methoxy groups -OCH3 is 1. The minimum atomic E-state index is -1.24. The van der Waals surface area contributed by atoms with E-state index in [4.69, 9.17) is 23.7 Å². The van der Waals surface area contributed by atoms with Gasteiger partial charge in [-0.05, 0) is 60.9 Å². The van der Waals surface area contributed by atoms with Crippen LogP contribution in [0.4, 0.5) is 4.39 Å². The SMILES string of the molecule is CCCCCCCCOc1ccc(-c2ccc(C(=O)Oc3ccc(C(=O)O[C@@H](C)C(=O)OCCOC)c(F)c3)cc2)cc1. The average molecular weight is 595 g/mol. The van der Waals surface area contributed by atoms with Crippen LogP contribution in [0, 0.1) is 5.82 Å². The topological polar surface area (TPSA) is 97.4 Å². The van der Waals surface area contributed by atoms with E-state index in [1.165, 1.54) is 52.2 Å². The highest BCUT2D eigenvalue weighted by Gasteiger charge is 2.23. The molecule has 3 rings (SSSR count). The second-order valence-electron chi connectivity index (χ2n) is 9.96. The van der Waals surface area contributed by atoms with Crippen molar-refractivity contribution in [1.29, 1.82) is 0 Å². The van der Waals surface area contributed by atoms with Gasteiger partial charge in [0.05, 0.1) is 24.3 Å². The molecule has 0 N–H and O–H groups in total. The Morgan fingerprint density at radius 1 is 0.744 bits per heavy atom. The van der Waals surface area contributed by atoms with Gasteiger partial charge in [0.15, 0.2) is 6.10 Å². The van der Waals surface area contributed by atoms with Gasteiger partial charge in [-0.2, -0.15) is 0 Å². The Kier molecular flexibility index (Phi) is 13.7. The van der Waals surface area contributed by atoms with Crippen molar-refractivity contribution in [3.05, 3.63) is 83.7 Å². The third-order valence-corrected chi connectivity index (χ3v) is 6.59. The zero-order valence-corrected chi connectivity index (χ0v) is 24.9. The number of ether oxygens (including phenoxy) is 5. The maximum absolute atomic E-state index is 14.6. The molecule has 0 amide bonds. The summed E-state index contributed by atoms with van der Waals surface area (Å²) in [6.45, 7) is 4.41. The first kappa shape index (κ1) is 33.3. The summed E-state index contributed by atoms with van der Waals surface area (Å²) in [6, 6.07) is 17.9. The first-order valence-corrected chi connectivity index (χ1v) is 14.5. The Morgan fingerprint density at radius 3 is 2.02 bits per heavy atom. The van der Waals surface area contributed by atoms with Crippen molar-refractivity contribution in [3.63, 3.8) is 0 Å². The highest BCUT2D eigenvalue weighted by atomic mass is 19.1. The van der Waals surface area contributed by atoms with E-state index in [0.717, 1.165) is 35.4 Å². The van der Waals surface area contributed by atoms with Gasteiger partial charge in [0.1, 0.15) is 23.9 Å². The molecule has 0 fully saturated rings. The largest absolute Gasteiger partial charge is 0.494 e. The van der Waals surface area contributed by atoms with Crippen molar-refractivity contribution < 1.29 is 42.5 Å². The van der Waals surface area contributed by atoms with E-state index in [1.807, 2.05) is 24.3 Å². The van der Waals surface area contributed by atoms with Crippen LogP contribution < -0.4 is 9.47 Å². The number of halogens is 1. The second kappa shape index (κ2) is 17.7. The number of rotatable bonds is 17. The van der Waals surface area contributed by atoms with Crippen molar-refractivity contribution in [2.45, 2.75) is 58.5 Å². The first-order chi connectivity index (χ1) is 20.8. The van der Waals surface area contributed by atoms with E-state index in [-0.39, 0.29) is 24.5 Å². The quantitative estimate of drug-likeness (QED) is 0.0921. The number of hydrogen-bond donors (Lipinski definition) is 0. The number of hydrogen-bond acceptors (Lipinski definition) is 8. The van der Waals surface area contributed by atoms with Crippen LogP contribution in [0.15, 0.2) is 66.7 Å². The summed E-state index contributed by atoms with van der Waals surface area (Å²) in [5, 5.41) is 0. The van der Waals surface area contributed by atoms with Crippen molar-refractivity contribution in [1.82, 2.24) is 0 Å². The molecule has 3 aromatic carbocycles. The Morgan fingerprint density at radius 2 is 1.37 bits per heavy atom. The average Bonchev–Trinajstić information content (AvgIpc) is 3.01. The van der Waals surface area contributed by atoms with E-state index in [2.05, 4.69) is 6.92 Å². The molecule has 3 aromatic rings. The zero-order valence-electron chi connectivity index (χ0n) is 24.9. The number of carbonyl (C=O) groups is 3. The maximum Gasteiger partial charge on any atom is 0.347 e. The fourth-order valence-electron chi connectivity index (χ4n) is 4.12. The molecule has 0 saturated carbocycles. The molecular weight excluding hydrogens is 555 g/mol. The van der Waals surface area contributed by atoms with Gasteiger partial charge in [0, 0.05) is 13.2 Å². The van der Waals surface area contributed by atoms with Crippen LogP contribution in [0.2, 0.25) is 0 Å². The molecule has 9 heteroatoms. The van der Waals surface area contributed by atoms with Crippen LogP contribution in [-0.4, -0.2) is 50.9 Å². The van der Waals surface area contributed by atoms with E-state index < -0.39 is 35.4 Å². The van der Waals surface area contributed by atoms with E-state index in [1.54, 1.807) is 24.3 Å². The number of benzene rings is 3. The molecule has 230 valence electrons. The Labute approximate surface area is 252 Å². The van der Waals surface area contributed by atoms with Crippen molar-refractivity contribution >= 4 is 17.9 Å². The first-order valence-electron chi connectivity index (χ1n) is 14.5. The standard InChI is InChI=1S/C34H39FO8/c1-4-5-6-7-8-9-20-40-28-16-14-26(15-17-28)25-10-12-27(13-11-25)33(37)43-29-18-19-30(31(35)23-29)34(38)42-24(2)32(36)41-22-21-39-3/h10-19,23-24H,4-9,20-22H2,1-3H3/t24-/m0/s1. The van der Waals surface area contributed by atoms with Gasteiger partial charge in [-0.15, -0.1) is 0 Å². The predicted molar refractivity (Wildman–Crippen MR) is 160 cm³/mol. The monoisotopic (exact) mass is 594 g/mol. The highest BCUT2D eigenvalue weighted by molar-refractivity contribution is 5.93. The molecule has 0 aliphatic rings. The molecule has 0 radical (unpaired) electrons. The molecule has 0 aliphatic carbocycles. The van der Waals surface area contributed by atoms with Crippen molar-refractivity contribution in [3.8, 4) is 22.6 Å². The lowest BCUT2D eigenvalue weighted by molar-refractivity contribution is -0.154. The van der Waals surface area contributed by atoms with E-state index in [9.17, 15) is 18.8 Å². The minimum absolute atomic E-state index is 0.00367. The summed E-state index contributed by atoms with van der Waals surface area (Å²) >= 11 is 0. The van der Waals surface area contributed by atoms with Gasteiger partial charge in [0.2, 0.25) is 0 Å². The van der Waals surface area contributed by atoms with Gasteiger partial charge < -0.3 is 23.7 Å². The van der Waals surface area contributed by atoms with Crippen molar-refractivity contribution in [2.24, 2.45) is 0 Å². The molecule has 0 bridgehead atoms. The molecule has 0 spiro atoms. The third kappa shape index (κ3) is 10.8. The van der Waals surface area contributed by atoms with E-state index in [0.29, 0.717) is 6.61 Å². The van der Waals surface area contributed by atoms with Gasteiger partial charge in [-0.3, -0.25) is 0 Å². The van der Waals surface area contributed by atoms with Gasteiger partial charge in [0.25, 0.3) is 0 Å². The third-order valence-electron chi connectivity index (χ3n) is 6.59. The molecule has 8 nitrogen and oxygen atoms in total. The highest BCUT2D eigenvalue weighted by Crippen LogP contribution is 2.24. The normalized spacial score (nSPS) is 11.4. The summed E-state index contributed by atoms with van der Waals surface area (Å²) in [7, 11) is 1.45. The van der Waals surface area contributed by atoms with Gasteiger partial charge in [-0.25, -0.2) is 18.8 Å². The Bertz CT molecular complexity index is 1320. The minimum Gasteiger partial charge on any atom is -0.494 e. The molecule has 0 heterocycles. The fourth-order valence-corrected chi connectivity index (χ4v) is 4.12. The lowest BCUT2D eigenvalue weighted by Gasteiger charge is -2.13. The lowest BCUT2D eigenvalue weighted by Crippen LogP contribution is -2.27. The van der Waals surface area contributed by atoms with Gasteiger partial charge >= 0.3 is 17.9 Å². The maximum atomic E-state index is 14.6. The number of unbranched alkanes of at least 4 members (excludes halogenated alkanes) is 5. The summed E-state index contributed by atoms with van der Waals surface area (Å²) in [4.78, 5) is 36.8. The molecule has 0 aromatic heterocycles. The summed E-state index contributed by atoms with van der Waals surface area (Å²) < 4.78 is 40.4. The fraction of sp³-hybridized carbons (Fsp3) is 0.382. The van der Waals surface area contributed by atoms with Crippen LogP contribution in [0.3, 0.4) is 0 Å². The predicted octanol–water partition coefficient (Wildman–Crippen LogP) is 7.19. The lowest BCUT2D eigenvalue weighted by atomic mass is 10.0. The molecule has 1 atom stereocenters. The van der Waals surface area contributed by atoms with Crippen molar-refractivity contribution in [2.75, 3.05) is 26.9 Å². The number of carbonyl (C=O) groups excluding carboxylic acids is 3. The van der Waals surface area contributed by atoms with Crippen LogP contribution in [0.5, 0.6) is 11.5 Å². The van der Waals surface area contributed by atoms with Crippen LogP contribution in [0.1, 0.15) is 73.1 Å². The van der Waals surface area contributed by atoms with Crippen LogP contribution in [0.25, 0.3) is 11.1 Å². The number of esters is 3. The molecule has 0 aliphatic heterocycles. The summed E-state index contributed by atoms with van der Waals surface area (Å²) in [5.41, 5.74) is 1.73. The molecule has 0 unspecified atom stereocenters. The Hall–Kier alpha value is -4.24. The van der Waals surface area contributed by atoms with Crippen LogP contribution in [-0.2, 0) is 19.0 Å². The molecular formula is C34H39FO8. The van der Waals surface area contributed by atoms with E-state index >= 15 is 0 Å². The summed E-state index contributed by atoms with van der Waals surface area (Å²) in [5.74, 6) is -2.77. The smallest absolute Gasteiger partial charge is 0.347 e. The zero-order chi connectivity index (χ0) is 31.0. The molecule has 0 saturated heterocycles. The van der Waals surface area contributed by atoms with Gasteiger partial charge in [-0.1, -0.05) is 63.3 Å². The second-order valence-corrected chi connectivity index (χ2v) is 9.96. The van der Waals surface area contributed by atoms with Crippen LogP contribution >= 0.6 is 0 Å². The molecule has 43 heavy (non-hydrogen) atoms. The summed E-state index contributed by atoms with van der Waals surface area (Å²) in [6.07, 6.45) is 6.03.